The van der Waals surface area contributed by atoms with Crippen LogP contribution in [0, 0.1) is 0 Å². The molecule has 0 aromatic carbocycles. The third-order valence-corrected chi connectivity index (χ3v) is 3.13. The summed E-state index contributed by atoms with van der Waals surface area (Å²) in [6.45, 7) is 6.22. The summed E-state index contributed by atoms with van der Waals surface area (Å²) in [4.78, 5) is 0. The summed E-state index contributed by atoms with van der Waals surface area (Å²) in [7, 11) is 0. The number of allylic oxidation sites excluding steroid dienone is 1. The maximum atomic E-state index is 8.71. The summed E-state index contributed by atoms with van der Waals surface area (Å²) in [5.74, 6) is 0. The van der Waals surface area contributed by atoms with E-state index in [2.05, 4.69) is 19.9 Å². The molecule has 0 fully saturated rings. The first kappa shape index (κ1) is 19.6. The lowest BCUT2D eigenvalue weighted by Gasteiger charge is -2.18. The van der Waals surface area contributed by atoms with Gasteiger partial charge in [0.1, 0.15) is 0 Å². The Labute approximate surface area is 125 Å². The number of ether oxygens (including phenoxy) is 2. The Balaban J connectivity index is 3.78. The van der Waals surface area contributed by atoms with Crippen LogP contribution in [0.3, 0.4) is 0 Å². The van der Waals surface area contributed by atoms with Crippen LogP contribution in [-0.4, -0.2) is 31.2 Å². The van der Waals surface area contributed by atoms with E-state index in [1.807, 2.05) is 6.08 Å². The van der Waals surface area contributed by atoms with Crippen molar-refractivity contribution in [2.75, 3.05) is 19.8 Å². The lowest BCUT2D eigenvalue weighted by atomic mass is 10.2. The average Bonchev–Trinajstić information content (AvgIpc) is 2.47. The maximum Gasteiger partial charge on any atom is 0.157 e. The summed E-state index contributed by atoms with van der Waals surface area (Å²) in [6.07, 6.45) is 13.8. The van der Waals surface area contributed by atoms with Gasteiger partial charge in [0.25, 0.3) is 0 Å². The van der Waals surface area contributed by atoms with Crippen LogP contribution < -0.4 is 0 Å². The SMILES string of the molecule is CCCCCOC(CC/C=C/CCO)OCCCCC. The average molecular weight is 286 g/mol. The predicted molar refractivity (Wildman–Crippen MR) is 84.8 cm³/mol. The molecule has 0 amide bonds. The van der Waals surface area contributed by atoms with Crippen molar-refractivity contribution >= 4 is 0 Å². The quantitative estimate of drug-likeness (QED) is 0.275. The molecule has 0 saturated carbocycles. The Bertz CT molecular complexity index is 192. The number of aliphatic hydroxyl groups excluding tert-OH is 1. The fourth-order valence-corrected chi connectivity index (χ4v) is 1.89. The van der Waals surface area contributed by atoms with E-state index in [1.54, 1.807) is 0 Å². The second-order valence-electron chi connectivity index (χ2n) is 5.15. The number of rotatable bonds is 15. The Hall–Kier alpha value is -0.380. The summed E-state index contributed by atoms with van der Waals surface area (Å²) >= 11 is 0. The van der Waals surface area contributed by atoms with Crippen molar-refractivity contribution in [3.8, 4) is 0 Å². The molecule has 1 N–H and O–H groups in total. The first-order valence-corrected chi connectivity index (χ1v) is 8.34. The molecule has 0 rings (SSSR count). The van der Waals surface area contributed by atoms with Crippen LogP contribution in [0.15, 0.2) is 12.2 Å². The maximum absolute atomic E-state index is 8.71. The highest BCUT2D eigenvalue weighted by molar-refractivity contribution is 4.81. The lowest BCUT2D eigenvalue weighted by Crippen LogP contribution is -2.18. The molecular formula is C17H34O3. The topological polar surface area (TPSA) is 38.7 Å². The molecular weight excluding hydrogens is 252 g/mol. The molecule has 0 heterocycles. The minimum absolute atomic E-state index is 0.0671. The summed E-state index contributed by atoms with van der Waals surface area (Å²) in [5, 5.41) is 8.71. The Morgan fingerprint density at radius 3 is 1.90 bits per heavy atom. The van der Waals surface area contributed by atoms with Crippen molar-refractivity contribution in [2.45, 2.75) is 77.9 Å². The molecule has 0 aliphatic rings. The van der Waals surface area contributed by atoms with Gasteiger partial charge in [-0.05, 0) is 25.7 Å². The van der Waals surface area contributed by atoms with Gasteiger partial charge in [-0.1, -0.05) is 51.7 Å². The molecule has 0 bridgehead atoms. The van der Waals surface area contributed by atoms with Gasteiger partial charge in [-0.25, -0.2) is 0 Å². The zero-order valence-corrected chi connectivity index (χ0v) is 13.5. The highest BCUT2D eigenvalue weighted by Crippen LogP contribution is 2.09. The van der Waals surface area contributed by atoms with Gasteiger partial charge in [0, 0.05) is 26.2 Å². The van der Waals surface area contributed by atoms with E-state index in [0.717, 1.165) is 45.3 Å². The third-order valence-electron chi connectivity index (χ3n) is 3.13. The van der Waals surface area contributed by atoms with Crippen LogP contribution in [0.4, 0.5) is 0 Å². The van der Waals surface area contributed by atoms with Crippen molar-refractivity contribution in [1.29, 1.82) is 0 Å². The van der Waals surface area contributed by atoms with E-state index in [1.165, 1.54) is 25.7 Å². The van der Waals surface area contributed by atoms with Gasteiger partial charge in [0.2, 0.25) is 0 Å². The van der Waals surface area contributed by atoms with Crippen molar-refractivity contribution in [3.63, 3.8) is 0 Å². The molecule has 0 aromatic heterocycles. The predicted octanol–water partition coefficient (Wildman–Crippen LogP) is 4.44. The second-order valence-corrected chi connectivity index (χ2v) is 5.15. The van der Waals surface area contributed by atoms with E-state index in [0.29, 0.717) is 0 Å². The van der Waals surface area contributed by atoms with Crippen molar-refractivity contribution < 1.29 is 14.6 Å². The van der Waals surface area contributed by atoms with Gasteiger partial charge in [0.15, 0.2) is 6.29 Å². The largest absolute Gasteiger partial charge is 0.396 e. The first-order valence-electron chi connectivity index (χ1n) is 8.34. The van der Waals surface area contributed by atoms with E-state index in [9.17, 15) is 0 Å². The standard InChI is InChI=1S/C17H34O3/c1-3-5-11-15-19-17(20-16-12-6-4-2)13-9-7-8-10-14-18/h7-8,17-18H,3-6,9-16H2,1-2H3/b8-7+. The summed E-state index contributed by atoms with van der Waals surface area (Å²) < 4.78 is 11.7. The van der Waals surface area contributed by atoms with Crippen LogP contribution in [0.5, 0.6) is 0 Å². The minimum atomic E-state index is -0.0671. The lowest BCUT2D eigenvalue weighted by molar-refractivity contribution is -0.146. The van der Waals surface area contributed by atoms with Crippen LogP contribution in [0.2, 0.25) is 0 Å². The number of hydrogen-bond donors (Lipinski definition) is 1. The molecule has 3 heteroatoms. The summed E-state index contributed by atoms with van der Waals surface area (Å²) in [5.41, 5.74) is 0. The van der Waals surface area contributed by atoms with Gasteiger partial charge < -0.3 is 14.6 Å². The molecule has 0 saturated heterocycles. The monoisotopic (exact) mass is 286 g/mol. The fourth-order valence-electron chi connectivity index (χ4n) is 1.89. The number of unbranched alkanes of at least 4 members (excludes halogenated alkanes) is 4. The molecule has 120 valence electrons. The molecule has 0 aliphatic heterocycles. The Morgan fingerprint density at radius 2 is 1.40 bits per heavy atom. The van der Waals surface area contributed by atoms with Crippen molar-refractivity contribution in [1.82, 2.24) is 0 Å². The fraction of sp³-hybridized carbons (Fsp3) is 0.882. The smallest absolute Gasteiger partial charge is 0.157 e. The normalized spacial score (nSPS) is 11.8. The summed E-state index contributed by atoms with van der Waals surface area (Å²) in [6, 6.07) is 0. The van der Waals surface area contributed by atoms with Crippen LogP contribution >= 0.6 is 0 Å². The van der Waals surface area contributed by atoms with E-state index >= 15 is 0 Å². The van der Waals surface area contributed by atoms with Crippen LogP contribution in [0.25, 0.3) is 0 Å². The Morgan fingerprint density at radius 1 is 0.850 bits per heavy atom. The number of hydrogen-bond acceptors (Lipinski definition) is 3. The van der Waals surface area contributed by atoms with Gasteiger partial charge in [-0.2, -0.15) is 0 Å². The van der Waals surface area contributed by atoms with Crippen LogP contribution in [0.1, 0.15) is 71.6 Å². The Kier molecular flexibility index (Phi) is 16.4. The number of aliphatic hydroxyl groups is 1. The van der Waals surface area contributed by atoms with Gasteiger partial charge in [-0.15, -0.1) is 0 Å². The van der Waals surface area contributed by atoms with Crippen molar-refractivity contribution in [3.05, 3.63) is 12.2 Å². The van der Waals surface area contributed by atoms with Gasteiger partial charge >= 0.3 is 0 Å². The minimum Gasteiger partial charge on any atom is -0.396 e. The molecule has 0 aromatic rings. The molecule has 20 heavy (non-hydrogen) atoms. The second kappa shape index (κ2) is 16.7. The zero-order chi connectivity index (χ0) is 14.9. The molecule has 0 spiro atoms. The zero-order valence-electron chi connectivity index (χ0n) is 13.5. The highest BCUT2D eigenvalue weighted by atomic mass is 16.7. The third kappa shape index (κ3) is 14.0. The molecule has 0 unspecified atom stereocenters. The molecule has 0 radical (unpaired) electrons. The van der Waals surface area contributed by atoms with E-state index < -0.39 is 0 Å². The molecule has 0 atom stereocenters. The van der Waals surface area contributed by atoms with E-state index in [-0.39, 0.29) is 12.9 Å². The first-order chi connectivity index (χ1) is 9.85. The van der Waals surface area contributed by atoms with E-state index in [4.69, 9.17) is 14.6 Å². The molecule has 0 aliphatic carbocycles. The van der Waals surface area contributed by atoms with Crippen molar-refractivity contribution in [2.24, 2.45) is 0 Å². The molecule has 3 nitrogen and oxygen atoms in total. The highest BCUT2D eigenvalue weighted by Gasteiger charge is 2.08. The van der Waals surface area contributed by atoms with Gasteiger partial charge in [0.05, 0.1) is 0 Å². The van der Waals surface area contributed by atoms with Gasteiger partial charge in [-0.3, -0.25) is 0 Å². The van der Waals surface area contributed by atoms with Crippen LogP contribution in [-0.2, 0) is 9.47 Å².